The first-order valence-corrected chi connectivity index (χ1v) is 4.95. The molecule has 1 aliphatic carbocycles. The third-order valence-electron chi connectivity index (χ3n) is 2.63. The van der Waals surface area contributed by atoms with Crippen molar-refractivity contribution in [2.24, 2.45) is 0 Å². The fourth-order valence-electron chi connectivity index (χ4n) is 1.82. The molecule has 5 nitrogen and oxygen atoms in total. The highest BCUT2D eigenvalue weighted by molar-refractivity contribution is 5.19. The van der Waals surface area contributed by atoms with Gasteiger partial charge in [0.05, 0.1) is 5.60 Å². The Hall–Kier alpha value is -1.10. The second-order valence-electron chi connectivity index (χ2n) is 3.93. The Kier molecular flexibility index (Phi) is 2.41. The minimum atomic E-state index is -0.581. The fraction of sp³-hybridized carbons (Fsp3) is 0.778. The van der Waals surface area contributed by atoms with E-state index in [1.54, 1.807) is 6.92 Å². The lowest BCUT2D eigenvalue weighted by Crippen LogP contribution is -2.33. The van der Waals surface area contributed by atoms with Gasteiger partial charge in [-0.2, -0.15) is 4.98 Å². The average Bonchev–Trinajstić information content (AvgIpc) is 2.73. The Morgan fingerprint density at radius 1 is 1.50 bits per heavy atom. The number of aromatic nitrogens is 2. The van der Waals surface area contributed by atoms with Crippen LogP contribution >= 0.6 is 0 Å². The maximum atomic E-state index is 10.0. The van der Waals surface area contributed by atoms with Gasteiger partial charge >= 0.3 is 6.01 Å². The van der Waals surface area contributed by atoms with Gasteiger partial charge in [0.15, 0.2) is 5.82 Å². The number of hydrogen-bond acceptors (Lipinski definition) is 5. The minimum absolute atomic E-state index is 0.392. The molecule has 1 fully saturated rings. The minimum Gasteiger partial charge on any atom is -0.388 e. The van der Waals surface area contributed by atoms with E-state index in [1.807, 2.05) is 0 Å². The van der Waals surface area contributed by atoms with Crippen LogP contribution in [0.15, 0.2) is 4.52 Å². The molecule has 78 valence electrons. The zero-order chi connectivity index (χ0) is 10.0. The molecule has 0 aliphatic heterocycles. The zero-order valence-corrected chi connectivity index (χ0v) is 8.29. The molecule has 0 atom stereocenters. The highest BCUT2D eigenvalue weighted by Crippen LogP contribution is 2.29. The quantitative estimate of drug-likeness (QED) is 0.759. The van der Waals surface area contributed by atoms with Crippen molar-refractivity contribution < 1.29 is 9.63 Å². The van der Waals surface area contributed by atoms with Crippen molar-refractivity contribution in [1.29, 1.82) is 0 Å². The number of rotatable bonds is 3. The van der Waals surface area contributed by atoms with Crippen LogP contribution in [-0.2, 0) is 0 Å². The molecule has 1 saturated carbocycles. The van der Waals surface area contributed by atoms with E-state index in [1.165, 1.54) is 0 Å². The van der Waals surface area contributed by atoms with E-state index in [2.05, 4.69) is 15.5 Å². The third-order valence-corrected chi connectivity index (χ3v) is 2.63. The largest absolute Gasteiger partial charge is 0.388 e. The van der Waals surface area contributed by atoms with Crippen molar-refractivity contribution in [2.75, 3.05) is 11.9 Å². The normalized spacial score (nSPS) is 19.9. The van der Waals surface area contributed by atoms with Crippen LogP contribution in [0.2, 0.25) is 0 Å². The van der Waals surface area contributed by atoms with Crippen LogP contribution in [0.4, 0.5) is 6.01 Å². The van der Waals surface area contributed by atoms with Crippen molar-refractivity contribution in [3.05, 3.63) is 5.82 Å². The molecule has 1 aromatic heterocycles. The lowest BCUT2D eigenvalue weighted by atomic mass is 10.0. The van der Waals surface area contributed by atoms with Crippen molar-refractivity contribution in [2.45, 2.75) is 38.2 Å². The Morgan fingerprint density at radius 2 is 2.21 bits per heavy atom. The summed E-state index contributed by atoms with van der Waals surface area (Å²) in [6, 6.07) is 0.392. The van der Waals surface area contributed by atoms with Gasteiger partial charge in [-0.15, -0.1) is 0 Å². The summed E-state index contributed by atoms with van der Waals surface area (Å²) in [5, 5.41) is 16.6. The molecule has 0 bridgehead atoms. The van der Waals surface area contributed by atoms with E-state index < -0.39 is 5.60 Å². The van der Waals surface area contributed by atoms with Crippen LogP contribution < -0.4 is 5.32 Å². The van der Waals surface area contributed by atoms with Crippen molar-refractivity contribution in [3.63, 3.8) is 0 Å². The van der Waals surface area contributed by atoms with Crippen molar-refractivity contribution in [1.82, 2.24) is 10.1 Å². The summed E-state index contributed by atoms with van der Waals surface area (Å²) in [7, 11) is 0. The first-order valence-electron chi connectivity index (χ1n) is 4.95. The van der Waals surface area contributed by atoms with Crippen LogP contribution in [-0.4, -0.2) is 27.4 Å². The number of aryl methyl sites for hydroxylation is 1. The molecule has 2 N–H and O–H groups in total. The van der Waals surface area contributed by atoms with Gasteiger partial charge in [-0.1, -0.05) is 18.0 Å². The van der Waals surface area contributed by atoms with Gasteiger partial charge in [-0.05, 0) is 19.8 Å². The summed E-state index contributed by atoms with van der Waals surface area (Å²) >= 11 is 0. The van der Waals surface area contributed by atoms with Gasteiger partial charge in [0, 0.05) is 6.54 Å². The van der Waals surface area contributed by atoms with Crippen molar-refractivity contribution >= 4 is 6.01 Å². The topological polar surface area (TPSA) is 71.2 Å². The first kappa shape index (κ1) is 9.45. The Morgan fingerprint density at radius 3 is 2.79 bits per heavy atom. The molecule has 0 saturated heterocycles. The van der Waals surface area contributed by atoms with E-state index in [0.717, 1.165) is 25.7 Å². The summed E-state index contributed by atoms with van der Waals surface area (Å²) in [5.41, 5.74) is -0.581. The van der Waals surface area contributed by atoms with Crippen LogP contribution in [0, 0.1) is 6.92 Å². The van der Waals surface area contributed by atoms with Gasteiger partial charge < -0.3 is 14.9 Å². The lowest BCUT2D eigenvalue weighted by molar-refractivity contribution is 0.0608. The SMILES string of the molecule is Cc1noc(NCC2(O)CCCC2)n1. The number of hydrogen-bond donors (Lipinski definition) is 2. The molecule has 0 aromatic carbocycles. The molecule has 0 unspecified atom stereocenters. The Labute approximate surface area is 82.5 Å². The Balaban J connectivity index is 1.87. The molecular weight excluding hydrogens is 182 g/mol. The van der Waals surface area contributed by atoms with Gasteiger partial charge in [-0.25, -0.2) is 0 Å². The second-order valence-corrected chi connectivity index (χ2v) is 3.93. The summed E-state index contributed by atoms with van der Waals surface area (Å²) in [5.74, 6) is 0.603. The van der Waals surface area contributed by atoms with Crippen LogP contribution in [0.1, 0.15) is 31.5 Å². The third kappa shape index (κ3) is 2.04. The molecule has 0 spiro atoms. The van der Waals surface area contributed by atoms with Crippen molar-refractivity contribution in [3.8, 4) is 0 Å². The van der Waals surface area contributed by atoms with Gasteiger partial charge in [0.25, 0.3) is 0 Å². The monoisotopic (exact) mass is 197 g/mol. The maximum absolute atomic E-state index is 10.0. The lowest BCUT2D eigenvalue weighted by Gasteiger charge is -2.21. The number of nitrogens with one attached hydrogen (secondary N) is 1. The van der Waals surface area contributed by atoms with Gasteiger partial charge in [-0.3, -0.25) is 0 Å². The van der Waals surface area contributed by atoms with E-state index in [4.69, 9.17) is 4.52 Å². The van der Waals surface area contributed by atoms with E-state index in [9.17, 15) is 5.11 Å². The highest BCUT2D eigenvalue weighted by atomic mass is 16.5. The average molecular weight is 197 g/mol. The predicted octanol–water partition coefficient (Wildman–Crippen LogP) is 1.10. The summed E-state index contributed by atoms with van der Waals surface area (Å²) in [4.78, 5) is 4.00. The zero-order valence-electron chi connectivity index (χ0n) is 8.29. The molecule has 0 radical (unpaired) electrons. The first-order chi connectivity index (χ1) is 6.68. The molecule has 0 amide bonds. The van der Waals surface area contributed by atoms with E-state index >= 15 is 0 Å². The molecule has 5 heteroatoms. The van der Waals surface area contributed by atoms with Crippen LogP contribution in [0.5, 0.6) is 0 Å². The van der Waals surface area contributed by atoms with Crippen LogP contribution in [0.3, 0.4) is 0 Å². The predicted molar refractivity (Wildman–Crippen MR) is 50.9 cm³/mol. The van der Waals surface area contributed by atoms with Crippen LogP contribution in [0.25, 0.3) is 0 Å². The number of aliphatic hydroxyl groups is 1. The smallest absolute Gasteiger partial charge is 0.321 e. The molecule has 1 aromatic rings. The molecular formula is C9H15N3O2. The summed E-state index contributed by atoms with van der Waals surface area (Å²) < 4.78 is 4.89. The standard InChI is InChI=1S/C9H15N3O2/c1-7-11-8(14-12-7)10-6-9(13)4-2-3-5-9/h13H,2-6H2,1H3,(H,10,11,12). The molecule has 1 heterocycles. The molecule has 1 aliphatic rings. The number of anilines is 1. The summed E-state index contributed by atoms with van der Waals surface area (Å²) in [6.45, 7) is 2.26. The van der Waals surface area contributed by atoms with E-state index in [-0.39, 0.29) is 0 Å². The fourth-order valence-corrected chi connectivity index (χ4v) is 1.82. The van der Waals surface area contributed by atoms with Gasteiger partial charge in [0.2, 0.25) is 0 Å². The highest BCUT2D eigenvalue weighted by Gasteiger charge is 2.31. The van der Waals surface area contributed by atoms with Gasteiger partial charge in [0.1, 0.15) is 0 Å². The summed E-state index contributed by atoms with van der Waals surface area (Å²) in [6.07, 6.45) is 3.91. The maximum Gasteiger partial charge on any atom is 0.321 e. The molecule has 14 heavy (non-hydrogen) atoms. The Bertz CT molecular complexity index is 305. The number of nitrogens with zero attached hydrogens (tertiary/aromatic N) is 2. The molecule has 2 rings (SSSR count). The second kappa shape index (κ2) is 3.57. The van der Waals surface area contributed by atoms with E-state index in [0.29, 0.717) is 18.4 Å².